The smallest absolute Gasteiger partial charge is 0.346 e. The fourth-order valence-corrected chi connectivity index (χ4v) is 2.77. The fourth-order valence-electron chi connectivity index (χ4n) is 1.93. The van der Waals surface area contributed by atoms with Gasteiger partial charge in [-0.15, -0.1) is 6.58 Å². The van der Waals surface area contributed by atoms with Crippen molar-refractivity contribution in [2.24, 2.45) is 0 Å². The Balaban J connectivity index is 2.21. The molecule has 0 aliphatic carbocycles. The monoisotopic (exact) mass is 357 g/mol. The number of halogens is 3. The molecule has 2 rings (SSSR count). The maximum atomic E-state index is 12.5. The van der Waals surface area contributed by atoms with E-state index >= 15 is 0 Å². The third-order valence-electron chi connectivity index (χ3n) is 2.96. The molecule has 1 aromatic carbocycles. The summed E-state index contributed by atoms with van der Waals surface area (Å²) in [5, 5.41) is 2.45. The molecule has 128 valence electrons. The molecule has 0 bridgehead atoms. The van der Waals surface area contributed by atoms with Crippen molar-refractivity contribution in [3.63, 3.8) is 0 Å². The van der Waals surface area contributed by atoms with Gasteiger partial charge in [0.2, 0.25) is 5.91 Å². The fraction of sp³-hybridized carbons (Fsp3) is 0.267. The van der Waals surface area contributed by atoms with Crippen LogP contribution >= 0.6 is 11.8 Å². The maximum Gasteiger partial charge on any atom is 0.405 e. The van der Waals surface area contributed by atoms with Crippen LogP contribution in [0.25, 0.3) is 10.9 Å². The van der Waals surface area contributed by atoms with Gasteiger partial charge in [-0.05, 0) is 12.1 Å². The van der Waals surface area contributed by atoms with Gasteiger partial charge in [0.25, 0.3) is 5.56 Å². The molecule has 1 heterocycles. The first-order valence-electron chi connectivity index (χ1n) is 6.88. The Kier molecular flexibility index (Phi) is 5.66. The average Bonchev–Trinajstić information content (AvgIpc) is 2.53. The van der Waals surface area contributed by atoms with Gasteiger partial charge in [-0.25, -0.2) is 4.98 Å². The van der Waals surface area contributed by atoms with E-state index in [1.807, 2.05) is 0 Å². The molecule has 0 fully saturated rings. The van der Waals surface area contributed by atoms with Crippen molar-refractivity contribution in [2.45, 2.75) is 17.9 Å². The van der Waals surface area contributed by atoms with Gasteiger partial charge in [0.15, 0.2) is 5.16 Å². The van der Waals surface area contributed by atoms with Crippen LogP contribution in [0, 0.1) is 0 Å². The highest BCUT2D eigenvalue weighted by atomic mass is 32.2. The molecule has 0 saturated carbocycles. The SMILES string of the molecule is C=CCn1c(SCC(=O)NCC(F)(F)F)nc2ccccc2c1=O. The predicted molar refractivity (Wildman–Crippen MR) is 86.0 cm³/mol. The summed E-state index contributed by atoms with van der Waals surface area (Å²) in [7, 11) is 0. The number of aromatic nitrogens is 2. The second kappa shape index (κ2) is 7.52. The highest BCUT2D eigenvalue weighted by Crippen LogP contribution is 2.18. The number of carbonyl (C=O) groups excluding carboxylic acids is 1. The Bertz CT molecular complexity index is 818. The number of nitrogens with zero attached hydrogens (tertiary/aromatic N) is 2. The minimum atomic E-state index is -4.47. The first-order chi connectivity index (χ1) is 11.3. The Labute approximate surface area is 139 Å². The van der Waals surface area contributed by atoms with Crippen LogP contribution in [-0.4, -0.2) is 33.9 Å². The van der Waals surface area contributed by atoms with E-state index in [1.165, 1.54) is 10.6 Å². The molecule has 0 radical (unpaired) electrons. The van der Waals surface area contributed by atoms with Crippen molar-refractivity contribution >= 4 is 28.6 Å². The first-order valence-corrected chi connectivity index (χ1v) is 7.87. The molecule has 0 saturated heterocycles. The number of para-hydroxylation sites is 1. The van der Waals surface area contributed by atoms with Crippen molar-refractivity contribution in [3.8, 4) is 0 Å². The highest BCUT2D eigenvalue weighted by molar-refractivity contribution is 7.99. The number of hydrogen-bond donors (Lipinski definition) is 1. The Morgan fingerprint density at radius 1 is 1.38 bits per heavy atom. The molecule has 2 aromatic rings. The van der Waals surface area contributed by atoms with Crippen LogP contribution in [0.3, 0.4) is 0 Å². The Hall–Kier alpha value is -2.29. The lowest BCUT2D eigenvalue weighted by atomic mass is 10.2. The summed E-state index contributed by atoms with van der Waals surface area (Å²) in [5.74, 6) is -1.07. The van der Waals surface area contributed by atoms with Crippen molar-refractivity contribution in [3.05, 3.63) is 47.3 Å². The van der Waals surface area contributed by atoms with Gasteiger partial charge >= 0.3 is 6.18 Å². The van der Waals surface area contributed by atoms with Gasteiger partial charge < -0.3 is 5.32 Å². The molecule has 9 heteroatoms. The molecule has 1 aromatic heterocycles. The lowest BCUT2D eigenvalue weighted by Crippen LogP contribution is -2.35. The normalized spacial score (nSPS) is 11.5. The minimum absolute atomic E-state index is 0.184. The minimum Gasteiger partial charge on any atom is -0.346 e. The lowest BCUT2D eigenvalue weighted by Gasteiger charge is -2.12. The third kappa shape index (κ3) is 4.60. The summed E-state index contributed by atoms with van der Waals surface area (Å²) < 4.78 is 37.6. The second-order valence-electron chi connectivity index (χ2n) is 4.80. The van der Waals surface area contributed by atoms with E-state index in [4.69, 9.17) is 0 Å². The summed E-state index contributed by atoms with van der Waals surface area (Å²) in [6.45, 7) is 2.36. The number of alkyl halides is 3. The largest absolute Gasteiger partial charge is 0.405 e. The summed E-state index contributed by atoms with van der Waals surface area (Å²) >= 11 is 0.899. The number of rotatable bonds is 6. The zero-order valence-corrected chi connectivity index (χ0v) is 13.3. The first kappa shape index (κ1) is 18.1. The standard InChI is InChI=1S/C15H14F3N3O2S/c1-2-7-21-13(23)10-5-3-4-6-11(10)20-14(21)24-8-12(22)19-9-15(16,17)18/h2-6H,1,7-9H2,(H,19,22). The van der Waals surface area contributed by atoms with Gasteiger partial charge in [-0.1, -0.05) is 30.0 Å². The third-order valence-corrected chi connectivity index (χ3v) is 3.93. The quantitative estimate of drug-likeness (QED) is 0.490. The van der Waals surface area contributed by atoms with E-state index in [2.05, 4.69) is 11.6 Å². The number of amides is 1. The van der Waals surface area contributed by atoms with E-state index < -0.39 is 18.6 Å². The lowest BCUT2D eigenvalue weighted by molar-refractivity contribution is -0.136. The van der Waals surface area contributed by atoms with Crippen molar-refractivity contribution in [1.29, 1.82) is 0 Å². The molecule has 0 spiro atoms. The zero-order valence-electron chi connectivity index (χ0n) is 12.5. The summed E-state index contributed by atoms with van der Waals surface area (Å²) in [6.07, 6.45) is -2.96. The van der Waals surface area contributed by atoms with Crippen molar-refractivity contribution in [1.82, 2.24) is 14.9 Å². The molecule has 0 unspecified atom stereocenters. The summed E-state index contributed by atoms with van der Waals surface area (Å²) in [5.41, 5.74) is 0.166. The highest BCUT2D eigenvalue weighted by Gasteiger charge is 2.27. The van der Waals surface area contributed by atoms with Crippen molar-refractivity contribution < 1.29 is 18.0 Å². The number of benzene rings is 1. The van der Waals surface area contributed by atoms with E-state index in [1.54, 1.807) is 29.6 Å². The Morgan fingerprint density at radius 3 is 2.75 bits per heavy atom. The molecular weight excluding hydrogens is 343 g/mol. The van der Waals surface area contributed by atoms with E-state index in [0.29, 0.717) is 10.9 Å². The van der Waals surface area contributed by atoms with E-state index in [-0.39, 0.29) is 23.0 Å². The van der Waals surface area contributed by atoms with Gasteiger partial charge in [-0.3, -0.25) is 14.2 Å². The van der Waals surface area contributed by atoms with Gasteiger partial charge in [0.05, 0.1) is 16.7 Å². The topological polar surface area (TPSA) is 64.0 Å². The number of carbonyl (C=O) groups is 1. The molecular formula is C15H14F3N3O2S. The summed E-state index contributed by atoms with van der Waals surface area (Å²) in [6, 6.07) is 6.72. The summed E-state index contributed by atoms with van der Waals surface area (Å²) in [4.78, 5) is 28.3. The molecule has 1 amide bonds. The molecule has 0 aliphatic rings. The maximum absolute atomic E-state index is 12.5. The van der Waals surface area contributed by atoms with Crippen LogP contribution in [0.4, 0.5) is 13.2 Å². The molecule has 0 aliphatic heterocycles. The number of allylic oxidation sites excluding steroid dienone is 1. The van der Waals surface area contributed by atoms with Crippen LogP contribution < -0.4 is 10.9 Å². The molecule has 1 N–H and O–H groups in total. The zero-order chi connectivity index (χ0) is 17.7. The van der Waals surface area contributed by atoms with E-state index in [9.17, 15) is 22.8 Å². The van der Waals surface area contributed by atoms with Crippen LogP contribution in [0.2, 0.25) is 0 Å². The molecule has 5 nitrogen and oxygen atoms in total. The van der Waals surface area contributed by atoms with Crippen LogP contribution in [0.1, 0.15) is 0 Å². The second-order valence-corrected chi connectivity index (χ2v) is 5.74. The van der Waals surface area contributed by atoms with Gasteiger partial charge in [-0.2, -0.15) is 13.2 Å². The van der Waals surface area contributed by atoms with Crippen LogP contribution in [0.15, 0.2) is 46.9 Å². The molecule has 24 heavy (non-hydrogen) atoms. The Morgan fingerprint density at radius 2 is 2.08 bits per heavy atom. The van der Waals surface area contributed by atoms with Crippen LogP contribution in [-0.2, 0) is 11.3 Å². The predicted octanol–water partition coefficient (Wildman–Crippen LogP) is 2.35. The van der Waals surface area contributed by atoms with Crippen LogP contribution in [0.5, 0.6) is 0 Å². The number of fused-ring (bicyclic) bond motifs is 1. The van der Waals surface area contributed by atoms with Gasteiger partial charge in [0.1, 0.15) is 6.54 Å². The molecule has 0 atom stereocenters. The number of nitrogens with one attached hydrogen (secondary N) is 1. The number of hydrogen-bond acceptors (Lipinski definition) is 4. The van der Waals surface area contributed by atoms with E-state index in [0.717, 1.165) is 11.8 Å². The average molecular weight is 357 g/mol. The van der Waals surface area contributed by atoms with Gasteiger partial charge in [0, 0.05) is 6.54 Å². The number of thioether (sulfide) groups is 1. The van der Waals surface area contributed by atoms with Crippen molar-refractivity contribution in [2.75, 3.05) is 12.3 Å².